The molecule has 0 spiro atoms. The van der Waals surface area contributed by atoms with E-state index in [0.29, 0.717) is 29.6 Å². The maximum absolute atomic E-state index is 11.5. The van der Waals surface area contributed by atoms with Crippen LogP contribution < -0.4 is 9.47 Å². The van der Waals surface area contributed by atoms with Crippen molar-refractivity contribution in [1.29, 1.82) is 0 Å². The third-order valence-corrected chi connectivity index (χ3v) is 3.64. The van der Waals surface area contributed by atoms with Crippen LogP contribution in [-0.4, -0.2) is 34.5 Å². The summed E-state index contributed by atoms with van der Waals surface area (Å²) in [5.41, 5.74) is 0.623. The van der Waals surface area contributed by atoms with Gasteiger partial charge in [0, 0.05) is 6.92 Å². The molecule has 0 aliphatic rings. The zero-order chi connectivity index (χ0) is 18.2. The number of rotatable bonds is 8. The van der Waals surface area contributed by atoms with Gasteiger partial charge in [-0.25, -0.2) is 4.79 Å². The normalized spacial score (nSPS) is 11.0. The Morgan fingerprint density at radius 3 is 2.80 bits per heavy atom. The SMILES string of the molecule is C#CCOc1ccc(/C=C(\Sc2nnc(C)o2)C(=O)O)cc1OCC. The summed E-state index contributed by atoms with van der Waals surface area (Å²) in [6, 6.07) is 5.06. The number of aliphatic carboxylic acids is 1. The second-order valence-electron chi connectivity index (χ2n) is 4.63. The number of ether oxygens (including phenoxy) is 2. The van der Waals surface area contributed by atoms with Crippen molar-refractivity contribution in [1.82, 2.24) is 10.2 Å². The van der Waals surface area contributed by atoms with Crippen LogP contribution in [0.5, 0.6) is 11.5 Å². The first kappa shape index (κ1) is 18.4. The molecule has 0 aliphatic carbocycles. The first-order chi connectivity index (χ1) is 12.0. The lowest BCUT2D eigenvalue weighted by atomic mass is 10.2. The van der Waals surface area contributed by atoms with Gasteiger partial charge in [0.15, 0.2) is 11.5 Å². The largest absolute Gasteiger partial charge is 0.490 e. The van der Waals surface area contributed by atoms with Crippen LogP contribution in [0.15, 0.2) is 32.7 Å². The van der Waals surface area contributed by atoms with Crippen molar-refractivity contribution in [3.63, 3.8) is 0 Å². The predicted molar refractivity (Wildman–Crippen MR) is 92.4 cm³/mol. The summed E-state index contributed by atoms with van der Waals surface area (Å²) in [5.74, 6) is 2.62. The minimum Gasteiger partial charge on any atom is -0.490 e. The van der Waals surface area contributed by atoms with Crippen molar-refractivity contribution >= 4 is 23.8 Å². The third-order valence-electron chi connectivity index (χ3n) is 2.79. The second-order valence-corrected chi connectivity index (χ2v) is 5.63. The van der Waals surface area contributed by atoms with E-state index in [1.807, 2.05) is 6.92 Å². The number of thioether (sulfide) groups is 1. The Balaban J connectivity index is 2.30. The molecule has 1 aromatic carbocycles. The van der Waals surface area contributed by atoms with Crippen molar-refractivity contribution in [2.75, 3.05) is 13.2 Å². The standard InChI is InChI=1S/C17H16N2O5S/c1-4-8-23-13-7-6-12(9-14(13)22-5-2)10-15(16(20)21)25-17-19-18-11(3)24-17/h1,6-7,9-10H,5,8H2,2-3H3,(H,20,21)/b15-10-. The molecule has 0 atom stereocenters. The number of aromatic nitrogens is 2. The van der Waals surface area contributed by atoms with Gasteiger partial charge in [-0.15, -0.1) is 16.6 Å². The van der Waals surface area contributed by atoms with Crippen LogP contribution in [-0.2, 0) is 4.79 Å². The highest BCUT2D eigenvalue weighted by Crippen LogP contribution is 2.32. The Kier molecular flexibility index (Phi) is 6.48. The molecule has 0 bridgehead atoms. The Morgan fingerprint density at radius 2 is 2.20 bits per heavy atom. The van der Waals surface area contributed by atoms with Crippen LogP contribution >= 0.6 is 11.8 Å². The number of hydrogen-bond acceptors (Lipinski definition) is 7. The van der Waals surface area contributed by atoms with E-state index in [2.05, 4.69) is 16.1 Å². The summed E-state index contributed by atoms with van der Waals surface area (Å²) >= 11 is 0.872. The van der Waals surface area contributed by atoms with Gasteiger partial charge in [0.05, 0.1) is 6.61 Å². The number of carboxylic acids is 1. The first-order valence-corrected chi connectivity index (χ1v) is 8.11. The minimum absolute atomic E-state index is 0.0309. The van der Waals surface area contributed by atoms with E-state index in [-0.39, 0.29) is 16.7 Å². The Hall–Kier alpha value is -2.92. The van der Waals surface area contributed by atoms with Crippen molar-refractivity contribution in [3.8, 4) is 23.8 Å². The Morgan fingerprint density at radius 1 is 1.40 bits per heavy atom. The third kappa shape index (κ3) is 5.29. The highest BCUT2D eigenvalue weighted by atomic mass is 32.2. The summed E-state index contributed by atoms with van der Waals surface area (Å²) in [6.07, 6.45) is 6.68. The fourth-order valence-corrected chi connectivity index (χ4v) is 2.54. The number of terminal acetylenes is 1. The van der Waals surface area contributed by atoms with Crippen molar-refractivity contribution in [2.45, 2.75) is 19.1 Å². The Labute approximate surface area is 149 Å². The summed E-state index contributed by atoms with van der Waals surface area (Å²) in [4.78, 5) is 11.5. The molecule has 0 fully saturated rings. The van der Waals surface area contributed by atoms with E-state index < -0.39 is 5.97 Å². The number of carbonyl (C=O) groups is 1. The van der Waals surface area contributed by atoms with Crippen molar-refractivity contribution in [2.24, 2.45) is 0 Å². The van der Waals surface area contributed by atoms with Gasteiger partial charge < -0.3 is 19.0 Å². The molecule has 0 saturated carbocycles. The average Bonchev–Trinajstić information content (AvgIpc) is 2.99. The molecule has 0 radical (unpaired) electrons. The average molecular weight is 360 g/mol. The fraction of sp³-hybridized carbons (Fsp3) is 0.235. The fourth-order valence-electron chi connectivity index (χ4n) is 1.82. The van der Waals surface area contributed by atoms with Crippen molar-refractivity contribution in [3.05, 3.63) is 34.6 Å². The van der Waals surface area contributed by atoms with Crippen LogP contribution in [0, 0.1) is 19.3 Å². The molecule has 25 heavy (non-hydrogen) atoms. The van der Waals surface area contributed by atoms with Gasteiger partial charge in [-0.2, -0.15) is 0 Å². The minimum atomic E-state index is -1.11. The maximum Gasteiger partial charge on any atom is 0.342 e. The van der Waals surface area contributed by atoms with E-state index in [4.69, 9.17) is 20.3 Å². The van der Waals surface area contributed by atoms with E-state index in [1.54, 1.807) is 25.1 Å². The van der Waals surface area contributed by atoms with Gasteiger partial charge in [-0.1, -0.05) is 12.0 Å². The molecule has 0 unspecified atom stereocenters. The summed E-state index contributed by atoms with van der Waals surface area (Å²) < 4.78 is 16.1. The quantitative estimate of drug-likeness (QED) is 0.436. The number of aryl methyl sites for hydroxylation is 1. The summed E-state index contributed by atoms with van der Waals surface area (Å²) in [7, 11) is 0. The van der Waals surface area contributed by atoms with Gasteiger partial charge in [0.1, 0.15) is 11.5 Å². The van der Waals surface area contributed by atoms with E-state index in [1.165, 1.54) is 6.08 Å². The zero-order valence-corrected chi connectivity index (χ0v) is 14.5. The van der Waals surface area contributed by atoms with E-state index >= 15 is 0 Å². The van der Waals surface area contributed by atoms with Gasteiger partial charge >= 0.3 is 5.97 Å². The molecule has 130 valence electrons. The first-order valence-electron chi connectivity index (χ1n) is 7.29. The summed E-state index contributed by atoms with van der Waals surface area (Å²) in [5, 5.41) is 17.0. The van der Waals surface area contributed by atoms with Crippen LogP contribution in [0.3, 0.4) is 0 Å². The molecule has 2 aromatic rings. The van der Waals surface area contributed by atoms with Gasteiger partial charge in [-0.3, -0.25) is 0 Å². The molecule has 0 amide bonds. The monoisotopic (exact) mass is 360 g/mol. The van der Waals surface area contributed by atoms with Gasteiger partial charge in [0.25, 0.3) is 5.22 Å². The lowest BCUT2D eigenvalue weighted by molar-refractivity contribution is -0.131. The lowest BCUT2D eigenvalue weighted by Gasteiger charge is -2.11. The molecular weight excluding hydrogens is 344 g/mol. The molecule has 1 heterocycles. The second kappa shape index (κ2) is 8.80. The van der Waals surface area contributed by atoms with Crippen molar-refractivity contribution < 1.29 is 23.8 Å². The molecule has 0 aliphatic heterocycles. The highest BCUT2D eigenvalue weighted by molar-refractivity contribution is 8.03. The molecule has 7 nitrogen and oxygen atoms in total. The smallest absolute Gasteiger partial charge is 0.342 e. The lowest BCUT2D eigenvalue weighted by Crippen LogP contribution is -2.00. The van der Waals surface area contributed by atoms with Gasteiger partial charge in [0.2, 0.25) is 5.89 Å². The molecular formula is C17H16N2O5S. The molecule has 2 rings (SSSR count). The van der Waals surface area contributed by atoms with Crippen LogP contribution in [0.1, 0.15) is 18.4 Å². The maximum atomic E-state index is 11.5. The highest BCUT2D eigenvalue weighted by Gasteiger charge is 2.15. The van der Waals surface area contributed by atoms with Gasteiger partial charge in [-0.05, 0) is 42.5 Å². The summed E-state index contributed by atoms with van der Waals surface area (Å²) in [6.45, 7) is 4.01. The number of nitrogens with zero attached hydrogens (tertiary/aromatic N) is 2. The van der Waals surface area contributed by atoms with Crippen LogP contribution in [0.4, 0.5) is 0 Å². The van der Waals surface area contributed by atoms with E-state index in [9.17, 15) is 9.90 Å². The number of benzene rings is 1. The van der Waals surface area contributed by atoms with E-state index in [0.717, 1.165) is 11.8 Å². The Bertz CT molecular complexity index is 823. The zero-order valence-electron chi connectivity index (χ0n) is 13.7. The topological polar surface area (TPSA) is 94.7 Å². The molecule has 1 aromatic heterocycles. The van der Waals surface area contributed by atoms with Crippen LogP contribution in [0.2, 0.25) is 0 Å². The molecule has 0 saturated heterocycles. The number of hydrogen-bond donors (Lipinski definition) is 1. The molecule has 8 heteroatoms. The predicted octanol–water partition coefficient (Wildman–Crippen LogP) is 3.01. The molecule has 1 N–H and O–H groups in total. The number of carboxylic acid groups (broad SMARTS) is 1. The van der Waals surface area contributed by atoms with Crippen LogP contribution in [0.25, 0.3) is 6.08 Å².